The van der Waals surface area contributed by atoms with Crippen LogP contribution in [0.2, 0.25) is 5.28 Å². The first-order valence-corrected chi connectivity index (χ1v) is 8.15. The lowest BCUT2D eigenvalue weighted by Crippen LogP contribution is -2.14. The van der Waals surface area contributed by atoms with E-state index in [1.54, 1.807) is 43.9 Å². The third kappa shape index (κ3) is 3.23. The highest BCUT2D eigenvalue weighted by molar-refractivity contribution is 6.28. The van der Waals surface area contributed by atoms with Gasteiger partial charge in [0.1, 0.15) is 5.56 Å². The van der Waals surface area contributed by atoms with Gasteiger partial charge in [-0.3, -0.25) is 9.48 Å². The number of nitrogens with two attached hydrogens (primary N) is 1. The fourth-order valence-electron chi connectivity index (χ4n) is 2.58. The maximum absolute atomic E-state index is 12.5. The van der Waals surface area contributed by atoms with Gasteiger partial charge in [0.15, 0.2) is 0 Å². The predicted molar refractivity (Wildman–Crippen MR) is 95.8 cm³/mol. The van der Waals surface area contributed by atoms with E-state index in [0.29, 0.717) is 16.5 Å². The maximum atomic E-state index is 12.5. The summed E-state index contributed by atoms with van der Waals surface area (Å²) in [6.45, 7) is 3.47. The monoisotopic (exact) mass is 373 g/mol. The standard InChI is InChI=1S/C17H16ClN5O3/c1-8(2)26-16(25)12-6-20-17(18)22-14(12)10-4-9(15(19)24)5-13-11(10)7-21-23(13)3/h4-8H,1-3H3,(H2,19,24). The van der Waals surface area contributed by atoms with Crippen molar-refractivity contribution in [1.82, 2.24) is 19.7 Å². The molecule has 26 heavy (non-hydrogen) atoms. The number of ether oxygens (including phenoxy) is 1. The fourth-order valence-corrected chi connectivity index (χ4v) is 2.71. The van der Waals surface area contributed by atoms with Crippen LogP contribution in [0.15, 0.2) is 24.5 Å². The number of carbonyl (C=O) groups is 2. The van der Waals surface area contributed by atoms with Gasteiger partial charge in [-0.05, 0) is 37.6 Å². The summed E-state index contributed by atoms with van der Waals surface area (Å²) in [7, 11) is 1.73. The number of fused-ring (bicyclic) bond motifs is 1. The summed E-state index contributed by atoms with van der Waals surface area (Å²) in [5.74, 6) is -1.20. The summed E-state index contributed by atoms with van der Waals surface area (Å²) in [4.78, 5) is 32.3. The van der Waals surface area contributed by atoms with Gasteiger partial charge in [0.2, 0.25) is 11.2 Å². The van der Waals surface area contributed by atoms with Crippen molar-refractivity contribution >= 4 is 34.4 Å². The normalized spacial score (nSPS) is 11.1. The molecule has 2 heterocycles. The summed E-state index contributed by atoms with van der Waals surface area (Å²) in [5, 5.41) is 4.85. The van der Waals surface area contributed by atoms with E-state index in [4.69, 9.17) is 22.1 Å². The van der Waals surface area contributed by atoms with Crippen LogP contribution in [0.3, 0.4) is 0 Å². The Balaban J connectivity index is 2.31. The second-order valence-corrected chi connectivity index (χ2v) is 6.28. The number of rotatable bonds is 4. The van der Waals surface area contributed by atoms with Crippen molar-refractivity contribution in [2.45, 2.75) is 20.0 Å². The molecule has 2 N–H and O–H groups in total. The molecule has 0 aliphatic heterocycles. The Labute approximate surface area is 153 Å². The van der Waals surface area contributed by atoms with E-state index in [1.165, 1.54) is 6.20 Å². The number of esters is 1. The van der Waals surface area contributed by atoms with Crippen LogP contribution >= 0.6 is 11.6 Å². The molecule has 1 amide bonds. The van der Waals surface area contributed by atoms with E-state index in [9.17, 15) is 9.59 Å². The summed E-state index contributed by atoms with van der Waals surface area (Å²) in [6.07, 6.45) is 2.60. The number of primary amides is 1. The molecule has 0 spiro atoms. The molecule has 0 saturated carbocycles. The Morgan fingerprint density at radius 1 is 1.27 bits per heavy atom. The Bertz CT molecular complexity index is 1030. The Hall–Kier alpha value is -3.00. The number of hydrogen-bond donors (Lipinski definition) is 1. The lowest BCUT2D eigenvalue weighted by atomic mass is 10.00. The number of benzene rings is 1. The topological polar surface area (TPSA) is 113 Å². The van der Waals surface area contributed by atoms with Crippen LogP contribution in [0.1, 0.15) is 34.6 Å². The SMILES string of the molecule is CC(C)OC(=O)c1cnc(Cl)nc1-c1cc(C(N)=O)cc2c1cnn2C. The molecule has 0 radical (unpaired) electrons. The lowest BCUT2D eigenvalue weighted by molar-refractivity contribution is 0.0378. The number of carbonyl (C=O) groups excluding carboxylic acids is 2. The van der Waals surface area contributed by atoms with Gasteiger partial charge in [-0.2, -0.15) is 5.10 Å². The molecule has 0 saturated heterocycles. The van der Waals surface area contributed by atoms with Gasteiger partial charge in [0.25, 0.3) is 0 Å². The van der Waals surface area contributed by atoms with Crippen molar-refractivity contribution in [3.8, 4) is 11.3 Å². The molecule has 2 aromatic heterocycles. The first-order valence-electron chi connectivity index (χ1n) is 7.77. The molecule has 3 rings (SSSR count). The van der Waals surface area contributed by atoms with Gasteiger partial charge in [-0.1, -0.05) is 0 Å². The number of nitrogens with zero attached hydrogens (tertiary/aromatic N) is 4. The Kier molecular flexibility index (Phi) is 4.60. The average Bonchev–Trinajstić information content (AvgIpc) is 2.94. The van der Waals surface area contributed by atoms with Gasteiger partial charge < -0.3 is 10.5 Å². The predicted octanol–water partition coefficient (Wildman–Crippen LogP) is 2.35. The molecule has 0 aliphatic rings. The number of amides is 1. The quantitative estimate of drug-likeness (QED) is 0.554. The zero-order valence-electron chi connectivity index (χ0n) is 14.4. The summed E-state index contributed by atoms with van der Waals surface area (Å²) in [5.41, 5.74) is 7.24. The van der Waals surface area contributed by atoms with Crippen LogP contribution < -0.4 is 5.73 Å². The highest BCUT2D eigenvalue weighted by Crippen LogP contribution is 2.32. The van der Waals surface area contributed by atoms with Crippen molar-refractivity contribution < 1.29 is 14.3 Å². The highest BCUT2D eigenvalue weighted by Gasteiger charge is 2.22. The first-order chi connectivity index (χ1) is 12.3. The van der Waals surface area contributed by atoms with Gasteiger partial charge in [-0.15, -0.1) is 0 Å². The second-order valence-electron chi connectivity index (χ2n) is 5.94. The van der Waals surface area contributed by atoms with Gasteiger partial charge in [-0.25, -0.2) is 14.8 Å². The molecule has 8 nitrogen and oxygen atoms in total. The molecule has 0 atom stereocenters. The van der Waals surface area contributed by atoms with Crippen LogP contribution in [0.25, 0.3) is 22.2 Å². The Morgan fingerprint density at radius 3 is 2.65 bits per heavy atom. The maximum Gasteiger partial charge on any atom is 0.342 e. The lowest BCUT2D eigenvalue weighted by Gasteiger charge is -2.12. The van der Waals surface area contributed by atoms with Crippen molar-refractivity contribution in [1.29, 1.82) is 0 Å². The minimum atomic E-state index is -0.610. The van der Waals surface area contributed by atoms with Crippen LogP contribution in [0.5, 0.6) is 0 Å². The largest absolute Gasteiger partial charge is 0.459 e. The number of halogens is 1. The minimum Gasteiger partial charge on any atom is -0.459 e. The molecule has 9 heteroatoms. The van der Waals surface area contributed by atoms with Crippen molar-refractivity contribution in [2.24, 2.45) is 12.8 Å². The minimum absolute atomic E-state index is 0.0392. The number of hydrogen-bond acceptors (Lipinski definition) is 6. The fraction of sp³-hybridized carbons (Fsp3) is 0.235. The highest BCUT2D eigenvalue weighted by atomic mass is 35.5. The first kappa shape index (κ1) is 17.8. The molecule has 0 fully saturated rings. The van der Waals surface area contributed by atoms with Crippen LogP contribution in [-0.4, -0.2) is 37.7 Å². The molecular weight excluding hydrogens is 358 g/mol. The summed E-state index contributed by atoms with van der Waals surface area (Å²) < 4.78 is 6.86. The smallest absolute Gasteiger partial charge is 0.342 e. The van der Waals surface area contributed by atoms with Crippen molar-refractivity contribution in [3.05, 3.63) is 40.9 Å². The molecule has 0 bridgehead atoms. The van der Waals surface area contributed by atoms with Crippen LogP contribution in [0, 0.1) is 0 Å². The van der Waals surface area contributed by atoms with Gasteiger partial charge in [0, 0.05) is 29.8 Å². The Morgan fingerprint density at radius 2 is 2.00 bits per heavy atom. The second kappa shape index (κ2) is 6.72. The van der Waals surface area contributed by atoms with Crippen molar-refractivity contribution in [2.75, 3.05) is 0 Å². The summed E-state index contributed by atoms with van der Waals surface area (Å²) >= 11 is 5.95. The van der Waals surface area contributed by atoms with E-state index >= 15 is 0 Å². The zero-order chi connectivity index (χ0) is 19.0. The molecule has 0 aliphatic carbocycles. The summed E-state index contributed by atoms with van der Waals surface area (Å²) in [6, 6.07) is 3.18. The van der Waals surface area contributed by atoms with Crippen molar-refractivity contribution in [3.63, 3.8) is 0 Å². The average molecular weight is 374 g/mol. The van der Waals surface area contributed by atoms with Gasteiger partial charge >= 0.3 is 5.97 Å². The van der Waals surface area contributed by atoms with Gasteiger partial charge in [0.05, 0.1) is 23.5 Å². The number of aromatic nitrogens is 4. The van der Waals surface area contributed by atoms with Crippen LogP contribution in [0.4, 0.5) is 0 Å². The van der Waals surface area contributed by atoms with Crippen LogP contribution in [-0.2, 0) is 11.8 Å². The zero-order valence-corrected chi connectivity index (χ0v) is 15.1. The van der Waals surface area contributed by atoms with E-state index in [0.717, 1.165) is 0 Å². The van der Waals surface area contributed by atoms with E-state index < -0.39 is 11.9 Å². The van der Waals surface area contributed by atoms with E-state index in [2.05, 4.69) is 15.1 Å². The molecule has 3 aromatic rings. The third-order valence-corrected chi connectivity index (χ3v) is 3.91. The van der Waals surface area contributed by atoms with E-state index in [1.807, 2.05) is 0 Å². The van der Waals surface area contributed by atoms with E-state index in [-0.39, 0.29) is 28.2 Å². The number of aryl methyl sites for hydroxylation is 1. The molecule has 1 aromatic carbocycles. The molecule has 134 valence electrons. The molecular formula is C17H16ClN5O3. The third-order valence-electron chi connectivity index (χ3n) is 3.73. The molecule has 0 unspecified atom stereocenters.